The average molecular weight is 255 g/mol. The van der Waals surface area contributed by atoms with Gasteiger partial charge in [-0.25, -0.2) is 0 Å². The summed E-state index contributed by atoms with van der Waals surface area (Å²) in [6, 6.07) is 3.80. The largest absolute Gasteiger partial charge is 0.493 e. The number of hydrogen-bond acceptors (Lipinski definition) is 2. The average Bonchev–Trinajstić information content (AvgIpc) is 2.20. The van der Waals surface area contributed by atoms with Gasteiger partial charge in [0.1, 0.15) is 5.75 Å². The van der Waals surface area contributed by atoms with Crippen LogP contribution in [0.2, 0.25) is 5.02 Å². The second kappa shape index (κ2) is 6.50. The van der Waals surface area contributed by atoms with E-state index < -0.39 is 0 Å². The Balaban J connectivity index is 2.44. The predicted octanol–water partition coefficient (Wildman–Crippen LogP) is 3.44. The van der Waals surface area contributed by atoms with Gasteiger partial charge in [0.05, 0.1) is 12.4 Å². The monoisotopic (exact) mass is 254 g/mol. The van der Waals surface area contributed by atoms with Crippen LogP contribution in [0.3, 0.4) is 0 Å². The molecule has 0 aromatic heterocycles. The predicted molar refractivity (Wildman–Crippen MR) is 72.2 cm³/mol. The van der Waals surface area contributed by atoms with Crippen LogP contribution in [0.15, 0.2) is 12.1 Å². The Morgan fingerprint density at radius 2 is 1.88 bits per heavy atom. The van der Waals surface area contributed by atoms with Crippen LogP contribution in [-0.2, 0) is 0 Å². The minimum Gasteiger partial charge on any atom is -0.493 e. The Labute approximate surface area is 107 Å². The molecule has 3 N–H and O–H groups in total. The van der Waals surface area contributed by atoms with Crippen LogP contribution in [0.5, 0.6) is 5.75 Å². The molecule has 17 heavy (non-hydrogen) atoms. The number of halogens is 1. The van der Waals surface area contributed by atoms with E-state index in [9.17, 15) is 0 Å². The van der Waals surface area contributed by atoms with Gasteiger partial charge in [0.15, 0.2) is 0 Å². The van der Waals surface area contributed by atoms with Crippen molar-refractivity contribution in [1.82, 2.24) is 0 Å². The summed E-state index contributed by atoms with van der Waals surface area (Å²) >= 11 is 5.95. The summed E-state index contributed by atoms with van der Waals surface area (Å²) in [5.74, 6) is 1.15. The highest BCUT2D eigenvalue weighted by atomic mass is 35.5. The second-order valence-corrected chi connectivity index (χ2v) is 4.64. The van der Waals surface area contributed by atoms with E-state index in [1.807, 2.05) is 26.0 Å². The quantitative estimate of drug-likeness (QED) is 0.464. The number of ether oxygens (including phenoxy) is 1. The van der Waals surface area contributed by atoms with Gasteiger partial charge in [0.2, 0.25) is 0 Å². The van der Waals surface area contributed by atoms with Crippen LogP contribution in [0.1, 0.15) is 30.4 Å². The third-order valence-electron chi connectivity index (χ3n) is 2.51. The summed E-state index contributed by atoms with van der Waals surface area (Å²) in [6.45, 7) is 4.63. The Bertz CT molecular complexity index is 381. The molecule has 0 heterocycles. The molecule has 1 aromatic carbocycles. The molecule has 4 heteroatoms. The first-order valence-corrected chi connectivity index (χ1v) is 6.11. The summed E-state index contributed by atoms with van der Waals surface area (Å²) in [4.78, 5) is 0. The fourth-order valence-corrected chi connectivity index (χ4v) is 2.04. The van der Waals surface area contributed by atoms with Gasteiger partial charge in [0.25, 0.3) is 0 Å². The van der Waals surface area contributed by atoms with Crippen molar-refractivity contribution in [2.75, 3.05) is 6.61 Å². The topological polar surface area (TPSA) is 59.1 Å². The Morgan fingerprint density at radius 3 is 2.41 bits per heavy atom. The number of unbranched alkanes of at least 4 members (excludes halogenated alkanes) is 1. The van der Waals surface area contributed by atoms with Crippen LogP contribution in [0.25, 0.3) is 0 Å². The molecule has 0 radical (unpaired) electrons. The minimum atomic E-state index is 0.240. The summed E-state index contributed by atoms with van der Waals surface area (Å²) in [5, 5.41) is 7.85. The second-order valence-electron chi connectivity index (χ2n) is 4.20. The van der Waals surface area contributed by atoms with Crippen molar-refractivity contribution in [2.24, 2.45) is 5.73 Å². The van der Waals surface area contributed by atoms with Gasteiger partial charge in [-0.3, -0.25) is 5.41 Å². The van der Waals surface area contributed by atoms with Crippen molar-refractivity contribution in [3.63, 3.8) is 0 Å². The number of benzene rings is 1. The lowest BCUT2D eigenvalue weighted by Crippen LogP contribution is -2.09. The van der Waals surface area contributed by atoms with Gasteiger partial charge < -0.3 is 10.5 Å². The SMILES string of the molecule is Cc1cc(Cl)cc(C)c1OCCCCC(=N)N. The van der Waals surface area contributed by atoms with Gasteiger partial charge >= 0.3 is 0 Å². The molecule has 3 nitrogen and oxygen atoms in total. The summed E-state index contributed by atoms with van der Waals surface area (Å²) in [5.41, 5.74) is 7.39. The molecule has 0 saturated heterocycles. The zero-order valence-electron chi connectivity index (χ0n) is 10.3. The number of amidine groups is 1. The smallest absolute Gasteiger partial charge is 0.125 e. The van der Waals surface area contributed by atoms with Crippen LogP contribution < -0.4 is 10.5 Å². The van der Waals surface area contributed by atoms with E-state index in [0.717, 1.165) is 34.7 Å². The molecule has 1 aromatic rings. The molecule has 0 aliphatic carbocycles. The van der Waals surface area contributed by atoms with Crippen molar-refractivity contribution in [1.29, 1.82) is 5.41 Å². The molecule has 0 amide bonds. The fourth-order valence-electron chi connectivity index (χ4n) is 1.72. The lowest BCUT2D eigenvalue weighted by atomic mass is 10.1. The fraction of sp³-hybridized carbons (Fsp3) is 0.462. The van der Waals surface area contributed by atoms with E-state index in [2.05, 4.69) is 0 Å². The third kappa shape index (κ3) is 4.65. The molecular formula is C13H19ClN2O. The van der Waals surface area contributed by atoms with Gasteiger partial charge in [-0.15, -0.1) is 0 Å². The minimum absolute atomic E-state index is 0.240. The normalized spacial score (nSPS) is 10.3. The van der Waals surface area contributed by atoms with Gasteiger partial charge in [-0.1, -0.05) is 11.6 Å². The summed E-state index contributed by atoms with van der Waals surface area (Å²) in [6.07, 6.45) is 2.43. The number of rotatable bonds is 6. The van der Waals surface area contributed by atoms with Gasteiger partial charge in [-0.2, -0.15) is 0 Å². The highest BCUT2D eigenvalue weighted by Gasteiger charge is 2.05. The summed E-state index contributed by atoms with van der Waals surface area (Å²) in [7, 11) is 0. The standard InChI is InChI=1S/C13H19ClN2O/c1-9-7-11(14)8-10(2)13(9)17-6-4-3-5-12(15)16/h7-8H,3-6H2,1-2H3,(H3,15,16). The lowest BCUT2D eigenvalue weighted by molar-refractivity contribution is 0.304. The van der Waals surface area contributed by atoms with Crippen molar-refractivity contribution < 1.29 is 4.74 Å². The molecule has 0 fully saturated rings. The zero-order valence-corrected chi connectivity index (χ0v) is 11.1. The molecule has 1 rings (SSSR count). The van der Waals surface area contributed by atoms with Crippen molar-refractivity contribution in [2.45, 2.75) is 33.1 Å². The van der Waals surface area contributed by atoms with Crippen LogP contribution in [0.4, 0.5) is 0 Å². The number of nitrogens with one attached hydrogen (secondary N) is 1. The maximum atomic E-state index is 7.11. The highest BCUT2D eigenvalue weighted by Crippen LogP contribution is 2.27. The Kier molecular flexibility index (Phi) is 5.29. The molecule has 0 bridgehead atoms. The number of aryl methyl sites for hydroxylation is 2. The van der Waals surface area contributed by atoms with Gasteiger partial charge in [0, 0.05) is 11.4 Å². The maximum absolute atomic E-state index is 7.11. The molecule has 0 aliphatic heterocycles. The molecule has 94 valence electrons. The first kappa shape index (κ1) is 13.8. The highest BCUT2D eigenvalue weighted by molar-refractivity contribution is 6.30. The molecular weight excluding hydrogens is 236 g/mol. The van der Waals surface area contributed by atoms with E-state index in [1.54, 1.807) is 0 Å². The molecule has 0 spiro atoms. The Morgan fingerprint density at radius 1 is 1.29 bits per heavy atom. The van der Waals surface area contributed by atoms with Gasteiger partial charge in [-0.05, 0) is 49.9 Å². The Hall–Kier alpha value is -1.22. The lowest BCUT2D eigenvalue weighted by Gasteiger charge is -2.12. The van der Waals surface area contributed by atoms with E-state index in [1.165, 1.54) is 0 Å². The van der Waals surface area contributed by atoms with E-state index >= 15 is 0 Å². The maximum Gasteiger partial charge on any atom is 0.125 e. The third-order valence-corrected chi connectivity index (χ3v) is 2.73. The first-order chi connectivity index (χ1) is 8.00. The van der Waals surface area contributed by atoms with Crippen LogP contribution in [0, 0.1) is 19.3 Å². The first-order valence-electron chi connectivity index (χ1n) is 5.73. The van der Waals surface area contributed by atoms with Crippen LogP contribution >= 0.6 is 11.6 Å². The molecule has 0 atom stereocenters. The van der Waals surface area contributed by atoms with E-state index in [-0.39, 0.29) is 5.84 Å². The number of nitrogens with two attached hydrogens (primary N) is 1. The molecule has 0 saturated carbocycles. The molecule has 0 aliphatic rings. The summed E-state index contributed by atoms with van der Waals surface area (Å²) < 4.78 is 5.73. The van der Waals surface area contributed by atoms with Crippen molar-refractivity contribution in [3.8, 4) is 5.75 Å². The number of hydrogen-bond donors (Lipinski definition) is 2. The van der Waals surface area contributed by atoms with Crippen molar-refractivity contribution in [3.05, 3.63) is 28.3 Å². The molecule has 0 unspecified atom stereocenters. The zero-order chi connectivity index (χ0) is 12.8. The van der Waals surface area contributed by atoms with Crippen molar-refractivity contribution >= 4 is 17.4 Å². The van der Waals surface area contributed by atoms with Crippen LogP contribution in [-0.4, -0.2) is 12.4 Å². The van der Waals surface area contributed by atoms with E-state index in [0.29, 0.717) is 13.0 Å². The van der Waals surface area contributed by atoms with E-state index in [4.69, 9.17) is 27.5 Å².